The fourth-order valence-electron chi connectivity index (χ4n) is 6.74. The third-order valence-corrected chi connectivity index (χ3v) is 10.4. The number of aliphatic hydroxyl groups is 6. The minimum atomic E-state index is -1.61. The third kappa shape index (κ3) is 24.7. The van der Waals surface area contributed by atoms with Gasteiger partial charge >= 0.3 is 0 Å². The number of amides is 1. The number of aliphatic hydroxyl groups excluding tert-OH is 6. The topological polar surface area (TPSA) is 169 Å². The van der Waals surface area contributed by atoms with Gasteiger partial charge in [-0.05, 0) is 44.9 Å². The van der Waals surface area contributed by atoms with Crippen molar-refractivity contribution in [1.82, 2.24) is 5.32 Å². The number of rotatable bonds is 35. The quantitative estimate of drug-likeness (QED) is 0.0259. The van der Waals surface area contributed by atoms with Crippen molar-refractivity contribution in [2.24, 2.45) is 0 Å². The molecular formula is C43H81NO9. The Kier molecular flexibility index (Phi) is 31.8. The highest BCUT2D eigenvalue weighted by atomic mass is 16.7. The number of hydrogen-bond acceptors (Lipinski definition) is 9. The van der Waals surface area contributed by atoms with Crippen LogP contribution in [0.25, 0.3) is 0 Å². The molecule has 1 heterocycles. The van der Waals surface area contributed by atoms with Crippen molar-refractivity contribution in [2.75, 3.05) is 13.2 Å². The van der Waals surface area contributed by atoms with Crippen molar-refractivity contribution in [3.05, 3.63) is 24.3 Å². The molecule has 0 aromatic heterocycles. The lowest BCUT2D eigenvalue weighted by Gasteiger charge is -2.40. The molecule has 0 aromatic carbocycles. The van der Waals surface area contributed by atoms with Crippen LogP contribution in [0.15, 0.2) is 24.3 Å². The van der Waals surface area contributed by atoms with E-state index in [9.17, 15) is 35.4 Å². The Balaban J connectivity index is 2.46. The van der Waals surface area contributed by atoms with Gasteiger partial charge in [0, 0.05) is 0 Å². The molecule has 0 spiro atoms. The number of ether oxygens (including phenoxy) is 2. The van der Waals surface area contributed by atoms with Crippen molar-refractivity contribution in [3.8, 4) is 0 Å². The van der Waals surface area contributed by atoms with E-state index in [0.29, 0.717) is 12.8 Å². The fourth-order valence-corrected chi connectivity index (χ4v) is 6.74. The summed E-state index contributed by atoms with van der Waals surface area (Å²) >= 11 is 0. The van der Waals surface area contributed by atoms with E-state index in [1.807, 2.05) is 6.08 Å². The molecule has 312 valence electrons. The molecule has 0 aliphatic carbocycles. The van der Waals surface area contributed by atoms with Crippen LogP contribution in [-0.2, 0) is 14.3 Å². The van der Waals surface area contributed by atoms with E-state index in [0.717, 1.165) is 51.4 Å². The zero-order valence-corrected chi connectivity index (χ0v) is 33.6. The molecule has 1 saturated heterocycles. The summed E-state index contributed by atoms with van der Waals surface area (Å²) in [5.41, 5.74) is 0. The van der Waals surface area contributed by atoms with E-state index in [-0.39, 0.29) is 6.61 Å². The van der Waals surface area contributed by atoms with Crippen molar-refractivity contribution >= 4 is 5.91 Å². The number of nitrogens with one attached hydrogen (secondary N) is 1. The highest BCUT2D eigenvalue weighted by Gasteiger charge is 2.44. The maximum Gasteiger partial charge on any atom is 0.249 e. The normalized spacial score (nSPS) is 22.5. The molecule has 0 bridgehead atoms. The van der Waals surface area contributed by atoms with Crippen LogP contribution in [0.3, 0.4) is 0 Å². The van der Waals surface area contributed by atoms with Crippen molar-refractivity contribution < 1.29 is 44.9 Å². The van der Waals surface area contributed by atoms with Crippen molar-refractivity contribution in [1.29, 1.82) is 0 Å². The lowest BCUT2D eigenvalue weighted by atomic mass is 9.99. The van der Waals surface area contributed by atoms with Crippen LogP contribution in [0.4, 0.5) is 0 Å². The largest absolute Gasteiger partial charge is 0.394 e. The summed E-state index contributed by atoms with van der Waals surface area (Å²) in [6, 6.07) is -0.981. The third-order valence-electron chi connectivity index (χ3n) is 10.4. The fraction of sp³-hybridized carbons (Fsp3) is 0.884. The molecular weight excluding hydrogens is 674 g/mol. The first kappa shape index (κ1) is 49.6. The van der Waals surface area contributed by atoms with Gasteiger partial charge in [0.1, 0.15) is 30.5 Å². The summed E-state index contributed by atoms with van der Waals surface area (Å²) < 4.78 is 11.1. The summed E-state index contributed by atoms with van der Waals surface area (Å²) in [6.07, 6.45) is 28.4. The standard InChI is InChI=1S/C43H81NO9/c1-3-5-7-9-11-13-15-16-17-18-19-20-22-23-25-27-29-31-36(46)35(34-52-43-41(50)40(49)39(48)38(33-45)53-43)44-42(51)37(47)32-30-28-26-24-21-14-12-10-8-6-4-2/h12,14,29,31,35-41,43,45-50H,3-11,13,15-28,30,32-34H2,1-2H3,(H,44,51)/b14-12-,31-29+. The molecule has 10 heteroatoms. The minimum Gasteiger partial charge on any atom is -0.394 e. The SMILES string of the molecule is CCCCC/C=C\CCCCCCC(O)C(=O)NC(COC1OC(CO)C(O)C(O)C1O)C(O)/C=C/CCCCCCCCCCCCCCCCC. The molecule has 0 radical (unpaired) electrons. The molecule has 8 unspecified atom stereocenters. The van der Waals surface area contributed by atoms with Crippen molar-refractivity contribution in [3.63, 3.8) is 0 Å². The first-order valence-corrected chi connectivity index (χ1v) is 21.7. The molecule has 1 aliphatic heterocycles. The zero-order chi connectivity index (χ0) is 38.9. The van der Waals surface area contributed by atoms with Gasteiger partial charge in [-0.1, -0.05) is 160 Å². The predicted molar refractivity (Wildman–Crippen MR) is 213 cm³/mol. The molecule has 53 heavy (non-hydrogen) atoms. The number of allylic oxidation sites excluding steroid dienone is 3. The van der Waals surface area contributed by atoms with E-state index in [2.05, 4.69) is 31.3 Å². The Morgan fingerprint density at radius 1 is 0.642 bits per heavy atom. The minimum absolute atomic E-state index is 0.296. The maximum absolute atomic E-state index is 13.0. The monoisotopic (exact) mass is 756 g/mol. The van der Waals surface area contributed by atoms with Crippen LogP contribution in [0.2, 0.25) is 0 Å². The number of carbonyl (C=O) groups excluding carboxylic acids is 1. The molecule has 1 amide bonds. The van der Waals surface area contributed by atoms with Crippen LogP contribution in [0, 0.1) is 0 Å². The average molecular weight is 756 g/mol. The van der Waals surface area contributed by atoms with E-state index in [4.69, 9.17) is 9.47 Å². The number of unbranched alkanes of at least 4 members (excludes halogenated alkanes) is 22. The Morgan fingerprint density at radius 3 is 1.62 bits per heavy atom. The van der Waals surface area contributed by atoms with Gasteiger partial charge in [0.2, 0.25) is 5.91 Å². The summed E-state index contributed by atoms with van der Waals surface area (Å²) in [4.78, 5) is 13.0. The summed E-state index contributed by atoms with van der Waals surface area (Å²) in [5, 5.41) is 64.4. The zero-order valence-electron chi connectivity index (χ0n) is 33.6. The molecule has 0 saturated carbocycles. The van der Waals surface area contributed by atoms with Gasteiger partial charge in [-0.3, -0.25) is 4.79 Å². The van der Waals surface area contributed by atoms with Crippen LogP contribution >= 0.6 is 0 Å². The van der Waals surface area contributed by atoms with Crippen LogP contribution < -0.4 is 5.32 Å². The van der Waals surface area contributed by atoms with Gasteiger partial charge in [0.15, 0.2) is 6.29 Å². The second kappa shape index (κ2) is 33.9. The first-order valence-electron chi connectivity index (χ1n) is 21.7. The Hall–Kier alpha value is -1.37. The summed E-state index contributed by atoms with van der Waals surface area (Å²) in [6.45, 7) is 3.56. The number of carbonyl (C=O) groups is 1. The Labute approximate surface area is 322 Å². The average Bonchev–Trinajstić information content (AvgIpc) is 3.16. The van der Waals surface area contributed by atoms with E-state index in [1.165, 1.54) is 103 Å². The van der Waals surface area contributed by atoms with E-state index < -0.39 is 61.5 Å². The van der Waals surface area contributed by atoms with Gasteiger partial charge in [-0.25, -0.2) is 0 Å². The van der Waals surface area contributed by atoms with E-state index >= 15 is 0 Å². The van der Waals surface area contributed by atoms with Gasteiger partial charge in [0.05, 0.1) is 25.4 Å². The second-order valence-electron chi connectivity index (χ2n) is 15.3. The highest BCUT2D eigenvalue weighted by molar-refractivity contribution is 5.80. The van der Waals surface area contributed by atoms with Gasteiger partial charge < -0.3 is 45.4 Å². The Bertz CT molecular complexity index is 901. The molecule has 7 N–H and O–H groups in total. The van der Waals surface area contributed by atoms with Crippen molar-refractivity contribution in [2.45, 2.75) is 230 Å². The summed E-state index contributed by atoms with van der Waals surface area (Å²) in [7, 11) is 0. The molecule has 8 atom stereocenters. The van der Waals surface area contributed by atoms with Gasteiger partial charge in [0.25, 0.3) is 0 Å². The number of hydrogen-bond donors (Lipinski definition) is 7. The lowest BCUT2D eigenvalue weighted by molar-refractivity contribution is -0.302. The molecule has 1 rings (SSSR count). The lowest BCUT2D eigenvalue weighted by Crippen LogP contribution is -2.60. The predicted octanol–water partition coefficient (Wildman–Crippen LogP) is 7.30. The van der Waals surface area contributed by atoms with Gasteiger partial charge in [-0.2, -0.15) is 0 Å². The molecule has 10 nitrogen and oxygen atoms in total. The van der Waals surface area contributed by atoms with Crippen LogP contribution in [0.1, 0.15) is 181 Å². The first-order chi connectivity index (χ1) is 25.8. The van der Waals surface area contributed by atoms with E-state index in [1.54, 1.807) is 6.08 Å². The smallest absolute Gasteiger partial charge is 0.249 e. The second-order valence-corrected chi connectivity index (χ2v) is 15.3. The summed E-state index contributed by atoms with van der Waals surface area (Å²) in [5.74, 6) is -0.628. The maximum atomic E-state index is 13.0. The molecule has 0 aromatic rings. The molecule has 1 aliphatic rings. The van der Waals surface area contributed by atoms with Crippen LogP contribution in [-0.4, -0.2) is 98.7 Å². The van der Waals surface area contributed by atoms with Gasteiger partial charge in [-0.15, -0.1) is 0 Å². The highest BCUT2D eigenvalue weighted by Crippen LogP contribution is 2.22. The van der Waals surface area contributed by atoms with Crippen LogP contribution in [0.5, 0.6) is 0 Å². The molecule has 1 fully saturated rings. The Morgan fingerprint density at radius 2 is 1.09 bits per heavy atom.